The van der Waals surface area contributed by atoms with Crippen LogP contribution in [0.2, 0.25) is 0 Å². The standard InChI is InChI=1S/C28H33N3O4S/c1-3-36(33,34)22-7-4-6-20(17-22)23-8-9-25(35-15-5-12-31-13-10-21(32)11-14-31)27-26(23)24-16-19(2)18-29-28(24)30-27/h4,6-9,16-18,21,32H,3,5,10-15H2,1-2H3,(H,29,30). The first-order valence-corrected chi connectivity index (χ1v) is 14.3. The molecule has 8 heteroatoms. The SMILES string of the molecule is CCS(=O)(=O)c1cccc(-c2ccc(OCCCN3CCC(O)CC3)c3[nH]c4ncc(C)cc4c23)c1. The van der Waals surface area contributed by atoms with Crippen molar-refractivity contribution in [2.75, 3.05) is 32.0 Å². The molecule has 0 spiro atoms. The molecule has 0 atom stereocenters. The number of pyridine rings is 1. The summed E-state index contributed by atoms with van der Waals surface area (Å²) in [5.41, 5.74) is 4.48. The van der Waals surface area contributed by atoms with Crippen molar-refractivity contribution in [3.05, 3.63) is 54.2 Å². The van der Waals surface area contributed by atoms with Crippen LogP contribution in [0.25, 0.3) is 33.1 Å². The Hall–Kier alpha value is -2.94. The maximum absolute atomic E-state index is 12.5. The minimum Gasteiger partial charge on any atom is -0.491 e. The Morgan fingerprint density at radius 1 is 1.17 bits per heavy atom. The van der Waals surface area contributed by atoms with Gasteiger partial charge in [-0.05, 0) is 73.2 Å². The van der Waals surface area contributed by atoms with Crippen molar-refractivity contribution in [3.8, 4) is 16.9 Å². The monoisotopic (exact) mass is 507 g/mol. The van der Waals surface area contributed by atoms with Gasteiger partial charge in [-0.2, -0.15) is 0 Å². The molecule has 1 fully saturated rings. The van der Waals surface area contributed by atoms with E-state index in [0.29, 0.717) is 11.5 Å². The zero-order valence-electron chi connectivity index (χ0n) is 20.8. The first-order chi connectivity index (χ1) is 17.4. The van der Waals surface area contributed by atoms with E-state index in [-0.39, 0.29) is 11.9 Å². The first-order valence-electron chi connectivity index (χ1n) is 12.6. The molecule has 1 saturated heterocycles. The number of hydrogen-bond donors (Lipinski definition) is 2. The minimum atomic E-state index is -3.32. The van der Waals surface area contributed by atoms with E-state index in [9.17, 15) is 13.5 Å². The average molecular weight is 508 g/mol. The number of aliphatic hydroxyl groups is 1. The molecule has 3 heterocycles. The van der Waals surface area contributed by atoms with E-state index in [1.165, 1.54) is 0 Å². The molecule has 0 radical (unpaired) electrons. The minimum absolute atomic E-state index is 0.0624. The molecule has 0 aliphatic carbocycles. The Bertz CT molecular complexity index is 1490. The topological polar surface area (TPSA) is 95.5 Å². The Labute approximate surface area is 212 Å². The van der Waals surface area contributed by atoms with Gasteiger partial charge in [-0.15, -0.1) is 0 Å². The first kappa shape index (κ1) is 24.7. The van der Waals surface area contributed by atoms with Gasteiger partial charge in [-0.3, -0.25) is 0 Å². The molecular formula is C28H33N3O4S. The summed E-state index contributed by atoms with van der Waals surface area (Å²) in [6, 6.07) is 13.2. The van der Waals surface area contributed by atoms with E-state index >= 15 is 0 Å². The van der Waals surface area contributed by atoms with E-state index in [1.807, 2.05) is 31.3 Å². The number of aryl methyl sites for hydroxylation is 1. The number of aromatic amines is 1. The molecule has 4 aromatic rings. The highest BCUT2D eigenvalue weighted by atomic mass is 32.2. The molecule has 190 valence electrons. The maximum atomic E-state index is 12.5. The van der Waals surface area contributed by atoms with Crippen LogP contribution in [0.15, 0.2) is 53.6 Å². The van der Waals surface area contributed by atoms with E-state index < -0.39 is 9.84 Å². The van der Waals surface area contributed by atoms with Crippen LogP contribution in [-0.2, 0) is 9.84 Å². The fourth-order valence-electron chi connectivity index (χ4n) is 4.96. The highest BCUT2D eigenvalue weighted by Crippen LogP contribution is 2.39. The lowest BCUT2D eigenvalue weighted by molar-refractivity contribution is 0.0800. The number of aliphatic hydroxyl groups excluding tert-OH is 1. The van der Waals surface area contributed by atoms with E-state index in [4.69, 9.17) is 4.74 Å². The maximum Gasteiger partial charge on any atom is 0.178 e. The van der Waals surface area contributed by atoms with Gasteiger partial charge in [0.2, 0.25) is 0 Å². The van der Waals surface area contributed by atoms with Gasteiger partial charge in [0.15, 0.2) is 9.84 Å². The molecule has 0 unspecified atom stereocenters. The number of rotatable bonds is 8. The smallest absolute Gasteiger partial charge is 0.178 e. The number of sulfone groups is 1. The van der Waals surface area contributed by atoms with Gasteiger partial charge in [0, 0.05) is 36.6 Å². The van der Waals surface area contributed by atoms with E-state index in [2.05, 4.69) is 20.9 Å². The average Bonchev–Trinajstić information content (AvgIpc) is 3.27. The molecule has 0 bridgehead atoms. The van der Waals surface area contributed by atoms with Gasteiger partial charge in [0.25, 0.3) is 0 Å². The molecule has 36 heavy (non-hydrogen) atoms. The summed E-state index contributed by atoms with van der Waals surface area (Å²) in [7, 11) is -3.32. The fourth-order valence-corrected chi connectivity index (χ4v) is 5.89. The number of fused-ring (bicyclic) bond motifs is 3. The Morgan fingerprint density at radius 3 is 2.75 bits per heavy atom. The summed E-state index contributed by atoms with van der Waals surface area (Å²) in [6.07, 6.45) is 4.25. The summed E-state index contributed by atoms with van der Waals surface area (Å²) >= 11 is 0. The van der Waals surface area contributed by atoms with Crippen molar-refractivity contribution in [1.29, 1.82) is 0 Å². The molecular weight excluding hydrogens is 474 g/mol. The van der Waals surface area contributed by atoms with Crippen LogP contribution in [0.3, 0.4) is 0 Å². The lowest BCUT2D eigenvalue weighted by Gasteiger charge is -2.29. The van der Waals surface area contributed by atoms with Crippen molar-refractivity contribution in [2.45, 2.75) is 44.1 Å². The van der Waals surface area contributed by atoms with Crippen molar-refractivity contribution < 1.29 is 18.3 Å². The molecule has 1 aliphatic heterocycles. The van der Waals surface area contributed by atoms with Crippen molar-refractivity contribution in [3.63, 3.8) is 0 Å². The molecule has 2 N–H and O–H groups in total. The normalized spacial score (nSPS) is 15.6. The number of hydrogen-bond acceptors (Lipinski definition) is 6. The van der Waals surface area contributed by atoms with Crippen LogP contribution < -0.4 is 4.74 Å². The van der Waals surface area contributed by atoms with Crippen LogP contribution in [0.4, 0.5) is 0 Å². The molecule has 5 rings (SSSR count). The van der Waals surface area contributed by atoms with E-state index in [1.54, 1.807) is 25.1 Å². The third-order valence-electron chi connectivity index (χ3n) is 7.02. The van der Waals surface area contributed by atoms with Crippen LogP contribution in [0, 0.1) is 6.92 Å². The molecule has 7 nitrogen and oxygen atoms in total. The zero-order valence-corrected chi connectivity index (χ0v) is 21.6. The Kier molecular flexibility index (Phi) is 7.01. The number of nitrogens with one attached hydrogen (secondary N) is 1. The molecule has 1 aliphatic rings. The quantitative estimate of drug-likeness (QED) is 0.335. The summed E-state index contributed by atoms with van der Waals surface area (Å²) in [5.74, 6) is 0.822. The van der Waals surface area contributed by atoms with Crippen LogP contribution in [-0.4, -0.2) is 66.5 Å². The highest BCUT2D eigenvalue weighted by Gasteiger charge is 2.19. The number of benzene rings is 2. The predicted octanol–water partition coefficient (Wildman–Crippen LogP) is 4.71. The third-order valence-corrected chi connectivity index (χ3v) is 8.75. The number of aromatic nitrogens is 2. The lowest BCUT2D eigenvalue weighted by Crippen LogP contribution is -2.36. The zero-order chi connectivity index (χ0) is 25.3. The second-order valence-corrected chi connectivity index (χ2v) is 11.9. The summed E-state index contributed by atoms with van der Waals surface area (Å²) in [4.78, 5) is 10.7. The second-order valence-electron chi connectivity index (χ2n) is 9.60. The number of H-pyrrole nitrogens is 1. The third kappa shape index (κ3) is 4.98. The van der Waals surface area contributed by atoms with Gasteiger partial charge >= 0.3 is 0 Å². The van der Waals surface area contributed by atoms with Crippen molar-refractivity contribution >= 4 is 31.8 Å². The Morgan fingerprint density at radius 2 is 1.97 bits per heavy atom. The van der Waals surface area contributed by atoms with Crippen LogP contribution >= 0.6 is 0 Å². The van der Waals surface area contributed by atoms with Crippen molar-refractivity contribution in [2.24, 2.45) is 0 Å². The van der Waals surface area contributed by atoms with Gasteiger partial charge in [-0.1, -0.05) is 19.1 Å². The Balaban J connectivity index is 1.48. The largest absolute Gasteiger partial charge is 0.491 e. The fraction of sp³-hybridized carbons (Fsp3) is 0.393. The summed E-state index contributed by atoms with van der Waals surface area (Å²) in [6.45, 7) is 7.06. The molecule has 0 saturated carbocycles. The number of nitrogens with zero attached hydrogens (tertiary/aromatic N) is 2. The van der Waals surface area contributed by atoms with E-state index in [0.717, 1.165) is 83.3 Å². The predicted molar refractivity (Wildman–Crippen MR) is 143 cm³/mol. The summed E-state index contributed by atoms with van der Waals surface area (Å²) < 4.78 is 31.3. The highest BCUT2D eigenvalue weighted by molar-refractivity contribution is 7.91. The molecule has 2 aromatic heterocycles. The second kappa shape index (κ2) is 10.2. The van der Waals surface area contributed by atoms with Crippen LogP contribution in [0.5, 0.6) is 5.75 Å². The van der Waals surface area contributed by atoms with Gasteiger partial charge in [-0.25, -0.2) is 13.4 Å². The number of piperidine rings is 1. The number of likely N-dealkylation sites (tertiary alicyclic amines) is 1. The number of ether oxygens (including phenoxy) is 1. The van der Waals surface area contributed by atoms with Gasteiger partial charge < -0.3 is 19.7 Å². The molecule has 2 aromatic carbocycles. The molecule has 0 amide bonds. The lowest BCUT2D eigenvalue weighted by atomic mass is 9.99. The van der Waals surface area contributed by atoms with Gasteiger partial charge in [0.05, 0.1) is 28.9 Å². The van der Waals surface area contributed by atoms with Crippen LogP contribution in [0.1, 0.15) is 31.7 Å². The van der Waals surface area contributed by atoms with Gasteiger partial charge in [0.1, 0.15) is 11.4 Å². The summed E-state index contributed by atoms with van der Waals surface area (Å²) in [5, 5.41) is 11.7. The van der Waals surface area contributed by atoms with Crippen molar-refractivity contribution in [1.82, 2.24) is 14.9 Å².